The van der Waals surface area contributed by atoms with Crippen LogP contribution < -0.4 is 0 Å². The number of ether oxygens (including phenoxy) is 1. The summed E-state index contributed by atoms with van der Waals surface area (Å²) in [4.78, 5) is 12.9. The number of hydrogen-bond donors (Lipinski definition) is 5. The van der Waals surface area contributed by atoms with E-state index >= 15 is 0 Å². The zero-order valence-corrected chi connectivity index (χ0v) is 26.9. The lowest BCUT2D eigenvalue weighted by Gasteiger charge is -2.72. The summed E-state index contributed by atoms with van der Waals surface area (Å²) in [7, 11) is 0. The average molecular weight is 589 g/mol. The van der Waals surface area contributed by atoms with Gasteiger partial charge in [0.05, 0.1) is 17.6 Å². The Morgan fingerprint density at radius 1 is 0.857 bits per heavy atom. The summed E-state index contributed by atoms with van der Waals surface area (Å²) in [6.07, 6.45) is 6.10. The molecule has 42 heavy (non-hydrogen) atoms. The van der Waals surface area contributed by atoms with Crippen molar-refractivity contribution in [2.45, 2.75) is 143 Å². The Morgan fingerprint density at radius 3 is 2.19 bits per heavy atom. The molecule has 0 aromatic heterocycles. The maximum absolute atomic E-state index is 12.9. The maximum Gasteiger partial charge on any atom is 0.310 e. The number of rotatable bonds is 2. The van der Waals surface area contributed by atoms with Gasteiger partial charge in [-0.1, -0.05) is 60.1 Å². The molecule has 0 spiro atoms. The number of carboxylic acids is 1. The van der Waals surface area contributed by atoms with Crippen LogP contribution in [-0.2, 0) is 9.53 Å². The summed E-state index contributed by atoms with van der Waals surface area (Å²) < 4.78 is 5.91. The molecule has 5 N–H and O–H groups in total. The van der Waals surface area contributed by atoms with Crippen LogP contribution in [0.5, 0.6) is 0 Å². The lowest BCUT2D eigenvalue weighted by molar-refractivity contribution is -0.302. The van der Waals surface area contributed by atoms with Gasteiger partial charge in [-0.2, -0.15) is 0 Å². The van der Waals surface area contributed by atoms with Gasteiger partial charge in [-0.3, -0.25) is 4.79 Å². The Bertz CT molecular complexity index is 1160. The van der Waals surface area contributed by atoms with Crippen LogP contribution in [0.3, 0.4) is 0 Å². The fourth-order valence-corrected chi connectivity index (χ4v) is 12.3. The van der Waals surface area contributed by atoms with Gasteiger partial charge in [-0.25, -0.2) is 0 Å². The summed E-state index contributed by atoms with van der Waals surface area (Å²) in [5, 5.41) is 54.5. The third-order valence-electron chi connectivity index (χ3n) is 15.3. The third-order valence-corrected chi connectivity index (χ3v) is 15.3. The second-order valence-electron chi connectivity index (χ2n) is 17.6. The van der Waals surface area contributed by atoms with E-state index in [0.29, 0.717) is 12.3 Å². The standard InChI is InChI=1S/C35H56O7/c1-29(2)12-15-34(28(39)40)16-14-32(6)20(21(34)18-29)8-9-24-31(5)13-17-35(41,27-26(38)25(37)22(36)19-42-27)30(3,4)23(31)10-11-33(24,32)7/h8,21-27,36-38,41H,9-19H2,1-7H3,(H,39,40)/t21-,22-,23-,24+,25-,26+,27+,31-,32+,33+,34-,35+/m0/s1. The molecule has 0 amide bonds. The van der Waals surface area contributed by atoms with Crippen molar-refractivity contribution >= 4 is 5.97 Å². The Morgan fingerprint density at radius 2 is 1.52 bits per heavy atom. The van der Waals surface area contributed by atoms with Crippen LogP contribution >= 0.6 is 0 Å². The lowest BCUT2D eigenvalue weighted by Crippen LogP contribution is -2.72. The van der Waals surface area contributed by atoms with E-state index in [-0.39, 0.29) is 40.1 Å². The molecule has 1 aliphatic heterocycles. The summed E-state index contributed by atoms with van der Waals surface area (Å²) in [5.41, 5.74) is -1.14. The second-order valence-corrected chi connectivity index (χ2v) is 17.6. The highest BCUT2D eigenvalue weighted by atomic mass is 16.5. The van der Waals surface area contributed by atoms with Crippen molar-refractivity contribution in [2.75, 3.05) is 6.61 Å². The van der Waals surface area contributed by atoms with Gasteiger partial charge in [0.25, 0.3) is 0 Å². The fraction of sp³-hybridized carbons (Fsp3) is 0.914. The predicted octanol–water partition coefficient (Wildman–Crippen LogP) is 5.09. The molecule has 6 rings (SSSR count). The lowest BCUT2D eigenvalue weighted by atomic mass is 9.32. The van der Waals surface area contributed by atoms with E-state index in [2.05, 4.69) is 54.5 Å². The smallest absolute Gasteiger partial charge is 0.310 e. The highest BCUT2D eigenvalue weighted by molar-refractivity contribution is 5.76. The van der Waals surface area contributed by atoms with Crippen molar-refractivity contribution in [3.05, 3.63) is 11.6 Å². The largest absolute Gasteiger partial charge is 0.481 e. The van der Waals surface area contributed by atoms with E-state index in [1.807, 2.05) is 0 Å². The molecule has 6 aliphatic rings. The topological polar surface area (TPSA) is 127 Å². The normalized spacial score (nSPS) is 54.8. The van der Waals surface area contributed by atoms with Crippen LogP contribution in [0.2, 0.25) is 0 Å². The van der Waals surface area contributed by atoms with E-state index in [1.54, 1.807) is 0 Å². The first kappa shape index (κ1) is 31.0. The van der Waals surface area contributed by atoms with Gasteiger partial charge in [0.1, 0.15) is 24.4 Å². The molecule has 0 aromatic carbocycles. The molecule has 4 saturated carbocycles. The molecule has 12 atom stereocenters. The first-order valence-electron chi connectivity index (χ1n) is 16.6. The van der Waals surface area contributed by atoms with E-state index in [1.165, 1.54) is 5.57 Å². The predicted molar refractivity (Wildman–Crippen MR) is 159 cm³/mol. The first-order valence-corrected chi connectivity index (χ1v) is 16.6. The number of aliphatic carboxylic acids is 1. The molecule has 5 aliphatic carbocycles. The molecule has 0 unspecified atom stereocenters. The Labute approximate surface area is 252 Å². The van der Waals surface area contributed by atoms with Crippen molar-refractivity contribution in [3.8, 4) is 0 Å². The summed E-state index contributed by atoms with van der Waals surface area (Å²) in [6.45, 7) is 16.1. The molecule has 0 radical (unpaired) electrons. The monoisotopic (exact) mass is 588 g/mol. The minimum Gasteiger partial charge on any atom is -0.481 e. The zero-order valence-electron chi connectivity index (χ0n) is 26.9. The van der Waals surface area contributed by atoms with Crippen LogP contribution in [0.25, 0.3) is 0 Å². The van der Waals surface area contributed by atoms with Crippen molar-refractivity contribution in [1.82, 2.24) is 0 Å². The van der Waals surface area contributed by atoms with Gasteiger partial charge in [-0.05, 0) is 109 Å². The van der Waals surface area contributed by atoms with E-state index < -0.39 is 46.8 Å². The van der Waals surface area contributed by atoms with Crippen molar-refractivity contribution < 1.29 is 35.1 Å². The third kappa shape index (κ3) is 3.72. The number of aliphatic hydroxyl groups excluding tert-OH is 3. The quantitative estimate of drug-likeness (QED) is 0.285. The number of allylic oxidation sites excluding steroid dienone is 2. The summed E-state index contributed by atoms with van der Waals surface area (Å²) in [5.74, 6) is 0.0442. The van der Waals surface area contributed by atoms with Gasteiger partial charge in [0, 0.05) is 0 Å². The van der Waals surface area contributed by atoms with Crippen molar-refractivity contribution in [3.63, 3.8) is 0 Å². The molecule has 238 valence electrons. The van der Waals surface area contributed by atoms with Gasteiger partial charge >= 0.3 is 5.97 Å². The number of aliphatic hydroxyl groups is 4. The molecule has 1 heterocycles. The van der Waals surface area contributed by atoms with Crippen LogP contribution in [0.4, 0.5) is 0 Å². The van der Waals surface area contributed by atoms with Crippen LogP contribution in [0, 0.1) is 50.2 Å². The molecular formula is C35H56O7. The number of hydrogen-bond acceptors (Lipinski definition) is 6. The number of carbonyl (C=O) groups is 1. The molecule has 0 bridgehead atoms. The molecule has 5 fully saturated rings. The average Bonchev–Trinajstić information content (AvgIpc) is 2.89. The maximum atomic E-state index is 12.9. The Kier molecular flexibility index (Phi) is 6.85. The molecular weight excluding hydrogens is 532 g/mol. The van der Waals surface area contributed by atoms with Crippen molar-refractivity contribution in [1.29, 1.82) is 0 Å². The summed E-state index contributed by atoms with van der Waals surface area (Å²) in [6, 6.07) is 0. The SMILES string of the molecule is CC1(C)CC[C@]2(C(=O)O)CC[C@]3(C)C(=CC[C@@H]4[C@@]5(C)CC[C@@](O)([C@@H]6OC[C@H](O)[C@H](O)[C@H]6O)C(C)(C)[C@@H]5CC[C@]43C)[C@@H]2C1. The Hall–Kier alpha value is -0.990. The molecule has 7 heteroatoms. The zero-order chi connectivity index (χ0) is 30.9. The number of fused-ring (bicyclic) bond motifs is 7. The fourth-order valence-electron chi connectivity index (χ4n) is 12.3. The van der Waals surface area contributed by atoms with Crippen LogP contribution in [0.15, 0.2) is 11.6 Å². The molecule has 7 nitrogen and oxygen atoms in total. The minimum atomic E-state index is -1.35. The highest BCUT2D eigenvalue weighted by Crippen LogP contribution is 2.76. The van der Waals surface area contributed by atoms with Crippen LogP contribution in [-0.4, -0.2) is 68.1 Å². The minimum absolute atomic E-state index is 0.0152. The Balaban J connectivity index is 1.37. The van der Waals surface area contributed by atoms with Gasteiger partial charge < -0.3 is 30.3 Å². The van der Waals surface area contributed by atoms with Crippen LogP contribution in [0.1, 0.15) is 113 Å². The second kappa shape index (κ2) is 9.28. The van der Waals surface area contributed by atoms with Gasteiger partial charge in [0.2, 0.25) is 0 Å². The van der Waals surface area contributed by atoms with Gasteiger partial charge in [-0.15, -0.1) is 0 Å². The van der Waals surface area contributed by atoms with E-state index in [0.717, 1.165) is 57.8 Å². The molecule has 1 saturated heterocycles. The van der Waals surface area contributed by atoms with E-state index in [4.69, 9.17) is 4.74 Å². The number of carboxylic acid groups (broad SMARTS) is 1. The van der Waals surface area contributed by atoms with E-state index in [9.17, 15) is 30.3 Å². The van der Waals surface area contributed by atoms with Gasteiger partial charge in [0.15, 0.2) is 0 Å². The first-order chi connectivity index (χ1) is 19.3. The highest BCUT2D eigenvalue weighted by Gasteiger charge is 2.72. The molecule has 0 aromatic rings. The van der Waals surface area contributed by atoms with Crippen molar-refractivity contribution in [2.24, 2.45) is 50.2 Å². The summed E-state index contributed by atoms with van der Waals surface area (Å²) >= 11 is 0.